The minimum atomic E-state index is -2.94. The second-order valence-electron chi connectivity index (χ2n) is 14.4. The van der Waals surface area contributed by atoms with Crippen molar-refractivity contribution in [2.24, 2.45) is 11.8 Å². The molecule has 2 aliphatic rings. The van der Waals surface area contributed by atoms with E-state index in [0.29, 0.717) is 32.5 Å². The van der Waals surface area contributed by atoms with Gasteiger partial charge in [0, 0.05) is 28.3 Å². The predicted molar refractivity (Wildman–Crippen MR) is 204 cm³/mol. The second kappa shape index (κ2) is 15.9. The van der Waals surface area contributed by atoms with Gasteiger partial charge in [-0.15, -0.1) is 11.3 Å². The summed E-state index contributed by atoms with van der Waals surface area (Å²) in [4.78, 5) is 12.7. The molecule has 1 spiro atoms. The van der Waals surface area contributed by atoms with E-state index in [2.05, 4.69) is 136 Å². The molecular formula is C42H50O6SSi. The van der Waals surface area contributed by atoms with Gasteiger partial charge in [-0.1, -0.05) is 124 Å². The van der Waals surface area contributed by atoms with E-state index >= 15 is 0 Å². The van der Waals surface area contributed by atoms with E-state index in [1.54, 1.807) is 11.3 Å². The van der Waals surface area contributed by atoms with Crippen molar-refractivity contribution in [2.75, 3.05) is 20.3 Å². The smallest absolute Gasteiger partial charge is 0.305 e. The number of fused-ring (bicyclic) bond motifs is 1. The molecule has 4 aromatic rings. The van der Waals surface area contributed by atoms with Crippen LogP contribution in [-0.2, 0) is 23.4 Å². The van der Waals surface area contributed by atoms with Crippen LogP contribution >= 0.6 is 11.3 Å². The van der Waals surface area contributed by atoms with Gasteiger partial charge in [0.25, 0.3) is 8.32 Å². The number of rotatable bonds is 13. The third-order valence-electron chi connectivity index (χ3n) is 10.2. The molecule has 4 atom stereocenters. The van der Waals surface area contributed by atoms with Crippen LogP contribution in [0.15, 0.2) is 115 Å². The first kappa shape index (κ1) is 36.4. The Balaban J connectivity index is 1.40. The van der Waals surface area contributed by atoms with Crippen molar-refractivity contribution in [1.82, 2.24) is 0 Å². The molecule has 2 heterocycles. The molecule has 1 aromatic heterocycles. The number of aliphatic hydroxyl groups excluding tert-OH is 1. The van der Waals surface area contributed by atoms with Crippen LogP contribution in [-0.4, -0.2) is 51.6 Å². The summed E-state index contributed by atoms with van der Waals surface area (Å²) in [6, 6.07) is 32.3. The molecule has 0 amide bonds. The van der Waals surface area contributed by atoms with Crippen LogP contribution in [0.25, 0.3) is 10.1 Å². The number of allylic oxidation sites excluding steroid dienone is 2. The number of benzene rings is 3. The number of unbranched alkanes of at least 4 members (excludes halogenated alkanes) is 1. The van der Waals surface area contributed by atoms with Gasteiger partial charge in [-0.25, -0.2) is 0 Å². The Morgan fingerprint density at radius 2 is 1.62 bits per heavy atom. The molecular weight excluding hydrogens is 661 g/mol. The van der Waals surface area contributed by atoms with Gasteiger partial charge in [-0.05, 0) is 58.1 Å². The Bertz CT molecular complexity index is 1680. The summed E-state index contributed by atoms with van der Waals surface area (Å²) in [6.45, 7) is 7.93. The zero-order valence-corrected chi connectivity index (χ0v) is 31.4. The molecule has 8 heteroatoms. The van der Waals surface area contributed by atoms with Gasteiger partial charge < -0.3 is 23.7 Å². The highest BCUT2D eigenvalue weighted by Crippen LogP contribution is 2.49. The maximum atomic E-state index is 11.5. The third-order valence-corrected chi connectivity index (χ3v) is 16.4. The number of carbonyl (C=O) groups excluding carboxylic acids is 1. The number of thiophene rings is 1. The van der Waals surface area contributed by atoms with Crippen molar-refractivity contribution in [3.63, 3.8) is 0 Å². The lowest BCUT2D eigenvalue weighted by Crippen LogP contribution is -2.66. The van der Waals surface area contributed by atoms with Crippen LogP contribution in [0.2, 0.25) is 5.04 Å². The number of esters is 1. The summed E-state index contributed by atoms with van der Waals surface area (Å²) in [5.74, 6) is -1.35. The van der Waals surface area contributed by atoms with Gasteiger partial charge in [0.05, 0.1) is 32.5 Å². The zero-order valence-electron chi connectivity index (χ0n) is 29.6. The van der Waals surface area contributed by atoms with Crippen LogP contribution in [0.4, 0.5) is 0 Å². The summed E-state index contributed by atoms with van der Waals surface area (Å²) >= 11 is 1.77. The lowest BCUT2D eigenvalue weighted by molar-refractivity contribution is -0.176. The standard InChI is InChI=1S/C42H50O6SSi/c1-41(2,3)50(32-18-9-7-10-19-32,33-20-11-8-12-21-33)48-37(39-29-31-17-15-16-23-38(31)49-39)26-25-35-34(22-13-5-6-14-24-40(44)45-4)36(43)30-42(35)46-27-28-47-42/h5,7-13,15-21,23,25-26,29,34-37,43H,6,14,22,24,27-28,30H2,1-4H3/t34-,35-,36+,37-/m1/s1. The van der Waals surface area contributed by atoms with E-state index in [-0.39, 0.29) is 28.9 Å². The number of hydrogen-bond acceptors (Lipinski definition) is 7. The van der Waals surface area contributed by atoms with Gasteiger partial charge in [0.2, 0.25) is 0 Å². The minimum absolute atomic E-state index is 0.0999. The molecule has 3 aromatic carbocycles. The number of aliphatic hydroxyl groups is 1. The number of hydrogen-bond donors (Lipinski definition) is 1. The highest BCUT2D eigenvalue weighted by Gasteiger charge is 2.56. The monoisotopic (exact) mass is 710 g/mol. The second-order valence-corrected chi connectivity index (χ2v) is 19.8. The normalized spacial score (nSPS) is 21.5. The lowest BCUT2D eigenvalue weighted by atomic mass is 9.88. The fourth-order valence-electron chi connectivity index (χ4n) is 7.79. The van der Waals surface area contributed by atoms with Gasteiger partial charge >= 0.3 is 5.97 Å². The molecule has 2 fully saturated rings. The fourth-order valence-corrected chi connectivity index (χ4v) is 13.6. The van der Waals surface area contributed by atoms with E-state index in [9.17, 15) is 9.90 Å². The molecule has 1 saturated carbocycles. The summed E-state index contributed by atoms with van der Waals surface area (Å²) in [6.07, 6.45) is 10.7. The molecule has 1 saturated heterocycles. The highest BCUT2D eigenvalue weighted by molar-refractivity contribution is 7.19. The van der Waals surface area contributed by atoms with Crippen LogP contribution in [0.5, 0.6) is 0 Å². The highest BCUT2D eigenvalue weighted by atomic mass is 32.1. The summed E-state index contributed by atoms with van der Waals surface area (Å²) < 4.78 is 26.5. The summed E-state index contributed by atoms with van der Waals surface area (Å²) in [5.41, 5.74) is 0. The molecule has 50 heavy (non-hydrogen) atoms. The molecule has 1 aliphatic carbocycles. The van der Waals surface area contributed by atoms with Crippen molar-refractivity contribution in [2.45, 2.75) is 75.9 Å². The molecule has 0 bridgehead atoms. The minimum Gasteiger partial charge on any atom is -0.469 e. The topological polar surface area (TPSA) is 74.2 Å². The van der Waals surface area contributed by atoms with E-state index in [1.807, 2.05) is 0 Å². The van der Waals surface area contributed by atoms with Crippen molar-refractivity contribution in [3.8, 4) is 0 Å². The Morgan fingerprint density at radius 1 is 0.980 bits per heavy atom. The molecule has 0 unspecified atom stereocenters. The van der Waals surface area contributed by atoms with E-state index in [0.717, 1.165) is 17.7 Å². The van der Waals surface area contributed by atoms with E-state index in [1.165, 1.54) is 27.6 Å². The van der Waals surface area contributed by atoms with Gasteiger partial charge in [0.1, 0.15) is 0 Å². The molecule has 0 radical (unpaired) electrons. The largest absolute Gasteiger partial charge is 0.469 e. The average Bonchev–Trinajstić information content (AvgIpc) is 3.84. The van der Waals surface area contributed by atoms with Crippen LogP contribution in [0.1, 0.15) is 63.9 Å². The molecule has 6 rings (SSSR count). The Kier molecular flexibility index (Phi) is 11.6. The number of carbonyl (C=O) groups is 1. The Morgan fingerprint density at radius 3 is 2.24 bits per heavy atom. The van der Waals surface area contributed by atoms with E-state index in [4.69, 9.17) is 18.6 Å². The third kappa shape index (κ3) is 7.61. The quantitative estimate of drug-likeness (QED) is 0.0655. The van der Waals surface area contributed by atoms with Crippen molar-refractivity contribution >= 4 is 46.1 Å². The first-order valence-corrected chi connectivity index (χ1v) is 20.5. The van der Waals surface area contributed by atoms with Gasteiger partial charge in [0.15, 0.2) is 5.79 Å². The Hall–Kier alpha value is -3.37. The molecule has 1 N–H and O–H groups in total. The summed E-state index contributed by atoms with van der Waals surface area (Å²) in [5, 5.41) is 14.9. The lowest BCUT2D eigenvalue weighted by Gasteiger charge is -2.44. The Labute approximate surface area is 301 Å². The predicted octanol–water partition coefficient (Wildman–Crippen LogP) is 8.10. The molecule has 6 nitrogen and oxygen atoms in total. The molecule has 264 valence electrons. The number of ether oxygens (including phenoxy) is 3. The van der Waals surface area contributed by atoms with Crippen LogP contribution in [0, 0.1) is 11.8 Å². The fraction of sp³-hybridized carbons (Fsp3) is 0.405. The van der Waals surface area contributed by atoms with Gasteiger partial charge in [-0.3, -0.25) is 4.79 Å². The maximum Gasteiger partial charge on any atom is 0.305 e. The number of methoxy groups -OCH3 is 1. The maximum absolute atomic E-state index is 11.5. The zero-order chi connectivity index (χ0) is 35.2. The SMILES string of the molecule is COC(=O)CCCC=CC[C@@H]1[C@@H](C=C[C@@H](O[Si](c2ccccc2)(c2ccccc2)C(C)(C)C)c2cc3ccccc3s2)C2(C[C@@H]1O)OCCO2. The van der Waals surface area contributed by atoms with Gasteiger partial charge in [-0.2, -0.15) is 0 Å². The van der Waals surface area contributed by atoms with Crippen LogP contribution < -0.4 is 10.4 Å². The van der Waals surface area contributed by atoms with Crippen LogP contribution in [0.3, 0.4) is 0 Å². The first-order valence-electron chi connectivity index (χ1n) is 17.8. The van der Waals surface area contributed by atoms with Crippen molar-refractivity contribution in [1.29, 1.82) is 0 Å². The summed E-state index contributed by atoms with van der Waals surface area (Å²) in [7, 11) is -1.52. The molecule has 1 aliphatic heterocycles. The van der Waals surface area contributed by atoms with Crippen molar-refractivity contribution < 1.29 is 28.5 Å². The van der Waals surface area contributed by atoms with Crippen molar-refractivity contribution in [3.05, 3.63) is 120 Å². The van der Waals surface area contributed by atoms with E-state index < -0.39 is 20.2 Å². The average molecular weight is 711 g/mol. The first-order chi connectivity index (χ1) is 24.2.